The van der Waals surface area contributed by atoms with Gasteiger partial charge in [0.05, 0.1) is 24.4 Å². The number of ether oxygens (including phenoxy) is 2. The van der Waals surface area contributed by atoms with E-state index in [1.165, 1.54) is 17.7 Å². The lowest BCUT2D eigenvalue weighted by atomic mass is 10.1. The third-order valence-electron chi connectivity index (χ3n) is 5.32. The molecule has 4 rings (SSSR count). The van der Waals surface area contributed by atoms with Gasteiger partial charge in [0.2, 0.25) is 5.91 Å². The Morgan fingerprint density at radius 1 is 1.24 bits per heavy atom. The van der Waals surface area contributed by atoms with E-state index < -0.39 is 0 Å². The van der Waals surface area contributed by atoms with Crippen molar-refractivity contribution in [1.82, 2.24) is 14.7 Å². The van der Waals surface area contributed by atoms with Gasteiger partial charge in [0.15, 0.2) is 5.78 Å². The summed E-state index contributed by atoms with van der Waals surface area (Å²) < 4.78 is 27.0. The van der Waals surface area contributed by atoms with Gasteiger partial charge in [-0.05, 0) is 43.3 Å². The zero-order chi connectivity index (χ0) is 23.4. The lowest BCUT2D eigenvalue weighted by molar-refractivity contribution is -0.140. The third kappa shape index (κ3) is 5.58. The lowest BCUT2D eigenvalue weighted by Crippen LogP contribution is -2.48. The number of carbonyl (C=O) groups is 2. The summed E-state index contributed by atoms with van der Waals surface area (Å²) in [6.45, 7) is 2.85. The molecule has 9 heteroatoms. The summed E-state index contributed by atoms with van der Waals surface area (Å²) in [7, 11) is 0. The zero-order valence-corrected chi connectivity index (χ0v) is 18.8. The Balaban J connectivity index is 1.35. The largest absolute Gasteiger partial charge is 0.490 e. The molecule has 0 aliphatic carbocycles. The molecule has 0 bridgehead atoms. The van der Waals surface area contributed by atoms with Gasteiger partial charge in [-0.2, -0.15) is 5.10 Å². The fourth-order valence-corrected chi connectivity index (χ4v) is 3.81. The molecule has 0 spiro atoms. The number of aromatic nitrogens is 2. The van der Waals surface area contributed by atoms with Crippen LogP contribution in [0.1, 0.15) is 17.3 Å². The van der Waals surface area contributed by atoms with E-state index in [0.29, 0.717) is 47.3 Å². The third-order valence-corrected chi connectivity index (χ3v) is 5.56. The van der Waals surface area contributed by atoms with Crippen LogP contribution in [0, 0.1) is 5.82 Å². The Kier molecular flexibility index (Phi) is 7.05. The highest BCUT2D eigenvalue weighted by molar-refractivity contribution is 6.31. The smallest absolute Gasteiger partial charge is 0.244 e. The Bertz CT molecular complexity index is 1170. The van der Waals surface area contributed by atoms with Crippen molar-refractivity contribution in [3.05, 3.63) is 71.1 Å². The van der Waals surface area contributed by atoms with Gasteiger partial charge < -0.3 is 14.4 Å². The second-order valence-corrected chi connectivity index (χ2v) is 8.16. The van der Waals surface area contributed by atoms with Gasteiger partial charge in [0, 0.05) is 23.3 Å². The van der Waals surface area contributed by atoms with Crippen LogP contribution >= 0.6 is 11.6 Å². The van der Waals surface area contributed by atoms with Crippen molar-refractivity contribution in [3.8, 4) is 17.0 Å². The number of rotatable bonds is 7. The van der Waals surface area contributed by atoms with Crippen molar-refractivity contribution < 1.29 is 23.5 Å². The first-order valence-corrected chi connectivity index (χ1v) is 10.9. The molecule has 1 aliphatic rings. The van der Waals surface area contributed by atoms with Crippen molar-refractivity contribution >= 4 is 23.3 Å². The Labute approximate surface area is 195 Å². The number of nitrogens with zero attached hydrogens (tertiary/aromatic N) is 3. The molecule has 1 unspecified atom stereocenters. The average molecular weight is 472 g/mol. The normalized spacial score (nSPS) is 16.0. The van der Waals surface area contributed by atoms with Crippen LogP contribution in [0.5, 0.6) is 5.75 Å². The van der Waals surface area contributed by atoms with Crippen LogP contribution in [-0.2, 0) is 16.1 Å². The fourth-order valence-electron chi connectivity index (χ4n) is 3.63. The summed E-state index contributed by atoms with van der Waals surface area (Å²) in [6.07, 6.45) is 1.31. The second-order valence-electron chi connectivity index (χ2n) is 7.72. The molecular formula is C24H23ClFN3O4. The maximum absolute atomic E-state index is 14.0. The molecule has 172 valence electrons. The molecule has 1 atom stereocenters. The molecule has 33 heavy (non-hydrogen) atoms. The summed E-state index contributed by atoms with van der Waals surface area (Å²) in [5.41, 5.74) is 1.26. The predicted molar refractivity (Wildman–Crippen MR) is 121 cm³/mol. The minimum Gasteiger partial charge on any atom is -0.490 e. The van der Waals surface area contributed by atoms with Crippen molar-refractivity contribution in [2.24, 2.45) is 0 Å². The highest BCUT2D eigenvalue weighted by atomic mass is 35.5. The molecule has 1 aliphatic heterocycles. The summed E-state index contributed by atoms with van der Waals surface area (Å²) in [6, 6.07) is 12.9. The van der Waals surface area contributed by atoms with Gasteiger partial charge >= 0.3 is 0 Å². The minimum atomic E-state index is -0.362. The Morgan fingerprint density at radius 2 is 2.06 bits per heavy atom. The van der Waals surface area contributed by atoms with Gasteiger partial charge in [-0.15, -0.1) is 0 Å². The van der Waals surface area contributed by atoms with E-state index >= 15 is 0 Å². The highest BCUT2D eigenvalue weighted by Gasteiger charge is 2.25. The van der Waals surface area contributed by atoms with E-state index in [0.717, 1.165) is 0 Å². The molecular weight excluding hydrogens is 449 g/mol. The lowest BCUT2D eigenvalue weighted by Gasteiger charge is -2.33. The summed E-state index contributed by atoms with van der Waals surface area (Å²) in [4.78, 5) is 26.4. The topological polar surface area (TPSA) is 73.7 Å². The number of carbonyl (C=O) groups excluding carboxylic acids is 2. The monoisotopic (exact) mass is 471 g/mol. The first-order valence-electron chi connectivity index (χ1n) is 10.5. The van der Waals surface area contributed by atoms with Crippen molar-refractivity contribution in [2.45, 2.75) is 19.6 Å². The standard InChI is InChI=1S/C24H23ClFN3O4/c1-16(30)20-12-17(25)6-7-23(20)33-15-18-13-28(10-11-32-18)24(31)14-29-9-8-22(27-29)19-4-2-3-5-21(19)26/h2-9,12,18H,10-11,13-15H2,1H3. The van der Waals surface area contributed by atoms with Crippen LogP contribution in [0.4, 0.5) is 4.39 Å². The van der Waals surface area contributed by atoms with E-state index in [1.807, 2.05) is 0 Å². The molecule has 0 radical (unpaired) electrons. The Hall–Kier alpha value is -3.23. The minimum absolute atomic E-state index is 0.0354. The molecule has 1 saturated heterocycles. The van der Waals surface area contributed by atoms with Gasteiger partial charge in [-0.1, -0.05) is 23.7 Å². The van der Waals surface area contributed by atoms with Crippen LogP contribution in [-0.4, -0.2) is 58.8 Å². The molecule has 7 nitrogen and oxygen atoms in total. The van der Waals surface area contributed by atoms with Crippen LogP contribution in [0.25, 0.3) is 11.3 Å². The van der Waals surface area contributed by atoms with Crippen molar-refractivity contribution in [3.63, 3.8) is 0 Å². The molecule has 0 N–H and O–H groups in total. The number of halogens is 2. The van der Waals surface area contributed by atoms with Gasteiger partial charge in [-0.25, -0.2) is 4.39 Å². The second kappa shape index (κ2) is 10.1. The zero-order valence-electron chi connectivity index (χ0n) is 18.0. The van der Waals surface area contributed by atoms with E-state index in [4.69, 9.17) is 21.1 Å². The van der Waals surface area contributed by atoms with Crippen LogP contribution in [0.15, 0.2) is 54.7 Å². The van der Waals surface area contributed by atoms with Crippen molar-refractivity contribution in [2.75, 3.05) is 26.3 Å². The molecule has 3 aromatic rings. The number of hydrogen-bond acceptors (Lipinski definition) is 5. The van der Waals surface area contributed by atoms with Gasteiger partial charge in [0.1, 0.15) is 30.8 Å². The first-order chi connectivity index (χ1) is 15.9. The summed E-state index contributed by atoms with van der Waals surface area (Å²) in [5.74, 6) is -0.208. The van der Waals surface area contributed by atoms with E-state index in [9.17, 15) is 14.0 Å². The number of hydrogen-bond donors (Lipinski definition) is 0. The SMILES string of the molecule is CC(=O)c1cc(Cl)ccc1OCC1CN(C(=O)Cn2ccc(-c3ccccc3F)n2)CCO1. The quantitative estimate of drug-likeness (QED) is 0.489. The van der Waals surface area contributed by atoms with E-state index in [-0.39, 0.29) is 36.8 Å². The highest BCUT2D eigenvalue weighted by Crippen LogP contribution is 2.24. The van der Waals surface area contributed by atoms with Crippen LogP contribution in [0.2, 0.25) is 5.02 Å². The molecule has 0 saturated carbocycles. The molecule has 1 aromatic heterocycles. The fraction of sp³-hybridized carbons (Fsp3) is 0.292. The number of ketones is 1. The number of amides is 1. The number of morpholine rings is 1. The maximum Gasteiger partial charge on any atom is 0.244 e. The van der Waals surface area contributed by atoms with Gasteiger partial charge in [0.25, 0.3) is 0 Å². The van der Waals surface area contributed by atoms with E-state index in [1.54, 1.807) is 53.6 Å². The first kappa shape index (κ1) is 22.9. The van der Waals surface area contributed by atoms with Crippen LogP contribution < -0.4 is 4.74 Å². The average Bonchev–Trinajstić information content (AvgIpc) is 3.26. The molecule has 1 fully saturated rings. The predicted octanol–water partition coefficient (Wildman–Crippen LogP) is 3.85. The van der Waals surface area contributed by atoms with Crippen molar-refractivity contribution in [1.29, 1.82) is 0 Å². The molecule has 2 aromatic carbocycles. The number of benzene rings is 2. The molecule has 1 amide bonds. The number of Topliss-reactive ketones (excluding diaryl/α,β-unsaturated/α-hetero) is 1. The van der Waals surface area contributed by atoms with Gasteiger partial charge in [-0.3, -0.25) is 14.3 Å². The van der Waals surface area contributed by atoms with E-state index in [2.05, 4.69) is 5.10 Å². The molecule has 2 heterocycles. The van der Waals surface area contributed by atoms with Crippen LogP contribution in [0.3, 0.4) is 0 Å². The summed E-state index contributed by atoms with van der Waals surface area (Å²) >= 11 is 5.97. The maximum atomic E-state index is 14.0. The summed E-state index contributed by atoms with van der Waals surface area (Å²) in [5, 5.41) is 4.79. The Morgan fingerprint density at radius 3 is 2.85 bits per heavy atom.